The molecule has 1 N–H and O–H groups in total. The summed E-state index contributed by atoms with van der Waals surface area (Å²) in [6, 6.07) is 5.34. The summed E-state index contributed by atoms with van der Waals surface area (Å²) in [4.78, 5) is 0.905. The van der Waals surface area contributed by atoms with Gasteiger partial charge < -0.3 is 5.32 Å². The van der Waals surface area contributed by atoms with Crippen molar-refractivity contribution in [2.45, 2.75) is 11.3 Å². The van der Waals surface area contributed by atoms with E-state index in [-0.39, 0.29) is 0 Å². The van der Waals surface area contributed by atoms with Crippen molar-refractivity contribution in [2.75, 3.05) is 13.6 Å². The van der Waals surface area contributed by atoms with E-state index in [1.54, 1.807) is 12.1 Å². The summed E-state index contributed by atoms with van der Waals surface area (Å²) in [5, 5.41) is 2.96. The van der Waals surface area contributed by atoms with Crippen molar-refractivity contribution in [3.05, 3.63) is 33.1 Å². The molecule has 1 aromatic carbocycles. The molecule has 0 saturated carbocycles. The third-order valence-electron chi connectivity index (χ3n) is 2.55. The van der Waals surface area contributed by atoms with E-state index in [9.17, 15) is 8.42 Å². The van der Waals surface area contributed by atoms with Gasteiger partial charge in [0.15, 0.2) is 0 Å². The van der Waals surface area contributed by atoms with Crippen molar-refractivity contribution in [3.8, 4) is 0 Å². The molecule has 0 atom stereocenters. The van der Waals surface area contributed by atoms with Crippen LogP contribution in [0.15, 0.2) is 32.5 Å². The van der Waals surface area contributed by atoms with Crippen LogP contribution in [0.4, 0.5) is 0 Å². The lowest BCUT2D eigenvalue weighted by Gasteiger charge is -2.03. The van der Waals surface area contributed by atoms with E-state index in [2.05, 4.69) is 21.2 Å². The smallest absolute Gasteiger partial charge is 0.203 e. The van der Waals surface area contributed by atoms with Crippen LogP contribution >= 0.6 is 15.9 Å². The summed E-state index contributed by atoms with van der Waals surface area (Å²) in [5.41, 5.74) is 0.786. The van der Waals surface area contributed by atoms with Gasteiger partial charge in [0.05, 0.1) is 9.80 Å². The number of halogens is 1. The molecular weight excluding hydrogens is 290 g/mol. The molecule has 5 heteroatoms. The van der Waals surface area contributed by atoms with Gasteiger partial charge >= 0.3 is 0 Å². The first-order chi connectivity index (χ1) is 7.55. The Morgan fingerprint density at radius 1 is 1.38 bits per heavy atom. The molecule has 0 bridgehead atoms. The van der Waals surface area contributed by atoms with Gasteiger partial charge in [-0.3, -0.25) is 0 Å². The van der Waals surface area contributed by atoms with Crippen molar-refractivity contribution in [3.63, 3.8) is 0 Å². The molecule has 1 aliphatic heterocycles. The van der Waals surface area contributed by atoms with E-state index >= 15 is 0 Å². The van der Waals surface area contributed by atoms with E-state index in [1.807, 2.05) is 19.2 Å². The Balaban J connectivity index is 2.44. The minimum absolute atomic E-state index is 0.410. The fourth-order valence-corrected chi connectivity index (χ4v) is 3.87. The first-order valence-electron chi connectivity index (χ1n) is 4.95. The average molecular weight is 302 g/mol. The van der Waals surface area contributed by atoms with Crippen LogP contribution in [0, 0.1) is 0 Å². The maximum absolute atomic E-state index is 12.1. The van der Waals surface area contributed by atoms with E-state index in [1.165, 1.54) is 0 Å². The lowest BCUT2D eigenvalue weighted by atomic mass is 10.2. The number of fused-ring (bicyclic) bond motifs is 1. The molecule has 1 heterocycles. The number of hydrogen-bond acceptors (Lipinski definition) is 3. The highest BCUT2D eigenvalue weighted by atomic mass is 79.9. The zero-order chi connectivity index (χ0) is 11.8. The highest BCUT2D eigenvalue weighted by molar-refractivity contribution is 9.10. The molecule has 0 aromatic heterocycles. The molecule has 0 spiro atoms. The van der Waals surface area contributed by atoms with Gasteiger partial charge in [0, 0.05) is 4.47 Å². The van der Waals surface area contributed by atoms with Crippen LogP contribution < -0.4 is 5.32 Å². The molecule has 2 rings (SSSR count). The summed E-state index contributed by atoms with van der Waals surface area (Å²) >= 11 is 3.29. The van der Waals surface area contributed by atoms with Crippen molar-refractivity contribution in [1.29, 1.82) is 0 Å². The zero-order valence-corrected chi connectivity index (χ0v) is 11.2. The van der Waals surface area contributed by atoms with Gasteiger partial charge in [0.1, 0.15) is 0 Å². The van der Waals surface area contributed by atoms with E-state index in [0.29, 0.717) is 22.8 Å². The second-order valence-corrected chi connectivity index (χ2v) is 6.54. The topological polar surface area (TPSA) is 46.2 Å². The molecule has 0 fully saturated rings. The van der Waals surface area contributed by atoms with E-state index in [0.717, 1.165) is 10.0 Å². The van der Waals surface area contributed by atoms with Crippen LogP contribution in [0.1, 0.15) is 12.0 Å². The molecular formula is C11H12BrNO2S. The first kappa shape index (κ1) is 11.8. The van der Waals surface area contributed by atoms with Crippen molar-refractivity contribution >= 4 is 31.8 Å². The number of rotatable bonds is 3. The third-order valence-corrected chi connectivity index (χ3v) is 4.99. The number of nitrogens with one attached hydrogen (secondary N) is 1. The Bertz CT molecular complexity index is 549. The average Bonchev–Trinajstić information content (AvgIpc) is 2.48. The van der Waals surface area contributed by atoms with Crippen molar-refractivity contribution in [2.24, 2.45) is 0 Å². The van der Waals surface area contributed by atoms with Gasteiger partial charge in [-0.15, -0.1) is 0 Å². The minimum Gasteiger partial charge on any atom is -0.319 e. The monoisotopic (exact) mass is 301 g/mol. The maximum atomic E-state index is 12.1. The molecule has 0 saturated heterocycles. The molecule has 0 amide bonds. The number of sulfone groups is 1. The Morgan fingerprint density at radius 3 is 2.81 bits per heavy atom. The van der Waals surface area contributed by atoms with Gasteiger partial charge in [-0.1, -0.05) is 22.0 Å². The Kier molecular flexibility index (Phi) is 3.19. The SMILES string of the molecule is CNCCC1=Cc2ccc(Br)cc2S1(=O)=O. The fraction of sp³-hybridized carbons (Fsp3) is 0.273. The second kappa shape index (κ2) is 4.31. The van der Waals surface area contributed by atoms with Gasteiger partial charge in [0.2, 0.25) is 9.84 Å². The molecule has 0 aliphatic carbocycles. The molecule has 3 nitrogen and oxygen atoms in total. The standard InChI is InChI=1S/C11H12BrNO2S/c1-13-5-4-10-6-8-2-3-9(12)7-11(8)16(10,14)15/h2-3,6-7,13H,4-5H2,1H3. The molecule has 1 aromatic rings. The molecule has 16 heavy (non-hydrogen) atoms. The van der Waals surface area contributed by atoms with Gasteiger partial charge in [-0.2, -0.15) is 0 Å². The van der Waals surface area contributed by atoms with Crippen LogP contribution in [0.25, 0.3) is 6.08 Å². The molecule has 86 valence electrons. The summed E-state index contributed by atoms with van der Waals surface area (Å²) in [5.74, 6) is 0. The Morgan fingerprint density at radius 2 is 2.12 bits per heavy atom. The first-order valence-corrected chi connectivity index (χ1v) is 7.23. The molecule has 1 aliphatic rings. The minimum atomic E-state index is -3.25. The Labute approximate surface area is 104 Å². The summed E-state index contributed by atoms with van der Waals surface area (Å²) < 4.78 is 25.0. The van der Waals surface area contributed by atoms with Gasteiger partial charge in [-0.05, 0) is 43.8 Å². The highest BCUT2D eigenvalue weighted by Gasteiger charge is 2.28. The van der Waals surface area contributed by atoms with Crippen molar-refractivity contribution < 1.29 is 8.42 Å². The quantitative estimate of drug-likeness (QED) is 0.931. The lowest BCUT2D eigenvalue weighted by molar-refractivity contribution is 0.600. The zero-order valence-electron chi connectivity index (χ0n) is 8.83. The molecule has 0 unspecified atom stereocenters. The van der Waals surface area contributed by atoms with Gasteiger partial charge in [0.25, 0.3) is 0 Å². The van der Waals surface area contributed by atoms with Crippen LogP contribution in [0.3, 0.4) is 0 Å². The molecule has 0 radical (unpaired) electrons. The van der Waals surface area contributed by atoms with E-state index < -0.39 is 9.84 Å². The van der Waals surface area contributed by atoms with Crippen LogP contribution in [-0.2, 0) is 9.84 Å². The normalized spacial score (nSPS) is 17.0. The summed E-state index contributed by atoms with van der Waals surface area (Å²) in [7, 11) is -1.44. The summed E-state index contributed by atoms with van der Waals surface area (Å²) in [6.45, 7) is 0.667. The highest BCUT2D eigenvalue weighted by Crippen LogP contribution is 2.35. The predicted octanol–water partition coefficient (Wildman–Crippen LogP) is 2.19. The predicted molar refractivity (Wildman–Crippen MR) is 67.8 cm³/mol. The van der Waals surface area contributed by atoms with Crippen LogP contribution in [-0.4, -0.2) is 22.0 Å². The second-order valence-electron chi connectivity index (χ2n) is 3.65. The fourth-order valence-electron chi connectivity index (χ4n) is 1.71. The third kappa shape index (κ3) is 1.95. The largest absolute Gasteiger partial charge is 0.319 e. The summed E-state index contributed by atoms with van der Waals surface area (Å²) in [6.07, 6.45) is 2.29. The Hall–Kier alpha value is -0.650. The maximum Gasteiger partial charge on any atom is 0.203 e. The lowest BCUT2D eigenvalue weighted by Crippen LogP contribution is -2.11. The number of benzene rings is 1. The van der Waals surface area contributed by atoms with Gasteiger partial charge in [-0.25, -0.2) is 8.42 Å². The number of hydrogen-bond donors (Lipinski definition) is 1. The van der Waals surface area contributed by atoms with Crippen molar-refractivity contribution in [1.82, 2.24) is 5.32 Å². The van der Waals surface area contributed by atoms with E-state index in [4.69, 9.17) is 0 Å². The van der Waals surface area contributed by atoms with Crippen LogP contribution in [0.2, 0.25) is 0 Å². The van der Waals surface area contributed by atoms with Crippen LogP contribution in [0.5, 0.6) is 0 Å².